The van der Waals surface area contributed by atoms with Gasteiger partial charge in [-0.1, -0.05) is 133 Å². The van der Waals surface area contributed by atoms with Gasteiger partial charge in [0.15, 0.2) is 0 Å². The maximum Gasteiger partial charge on any atom is 0.123 e. The molecule has 0 unspecified atom stereocenters. The second-order valence-corrected chi connectivity index (χ2v) is 14.5. The second kappa shape index (κ2) is 13.6. The third-order valence-corrected chi connectivity index (χ3v) is 11.3. The van der Waals surface area contributed by atoms with Crippen LogP contribution in [0.15, 0.2) is 206 Å². The summed E-state index contributed by atoms with van der Waals surface area (Å²) >= 11 is 1.69. The van der Waals surface area contributed by atoms with Crippen LogP contribution in [0.2, 0.25) is 0 Å². The van der Waals surface area contributed by atoms with E-state index < -0.39 is 0 Å². The zero-order valence-corrected chi connectivity index (χ0v) is 30.2. The van der Waals surface area contributed by atoms with Crippen LogP contribution >= 0.6 is 11.3 Å². The van der Waals surface area contributed by atoms with Crippen LogP contribution in [0.5, 0.6) is 0 Å². The summed E-state index contributed by atoms with van der Waals surface area (Å²) in [6.45, 7) is 0. The summed E-state index contributed by atoms with van der Waals surface area (Å²) in [5, 5.41) is 8.42. The van der Waals surface area contributed by atoms with Crippen LogP contribution in [0.3, 0.4) is 0 Å². The highest BCUT2D eigenvalue weighted by atomic mass is 32.1. The molecule has 0 amide bonds. The highest BCUT2D eigenvalue weighted by molar-refractivity contribution is 7.17. The summed E-state index contributed by atoms with van der Waals surface area (Å²) in [6.07, 6.45) is 1.86. The zero-order valence-electron chi connectivity index (χ0n) is 29.4. The van der Waals surface area contributed by atoms with Crippen LogP contribution in [0.4, 0.5) is 17.1 Å². The number of fused-ring (bicyclic) bond motifs is 3. The van der Waals surface area contributed by atoms with E-state index in [-0.39, 0.29) is 0 Å². The smallest absolute Gasteiger partial charge is 0.123 e. The van der Waals surface area contributed by atoms with Gasteiger partial charge >= 0.3 is 0 Å². The van der Waals surface area contributed by atoms with Gasteiger partial charge in [-0.05, 0) is 121 Å². The number of hydrogen-bond donors (Lipinski definition) is 0. The molecule has 10 aromatic rings. The van der Waals surface area contributed by atoms with Crippen molar-refractivity contribution in [3.63, 3.8) is 0 Å². The molecule has 2 nitrogen and oxygen atoms in total. The van der Waals surface area contributed by atoms with E-state index in [1.807, 2.05) is 12.3 Å². The molecule has 0 saturated carbocycles. The Morgan fingerprint density at radius 1 is 0.352 bits per heavy atom. The molecule has 0 fully saturated rings. The molecular formula is C51H34N2S. The van der Waals surface area contributed by atoms with E-state index in [0.717, 1.165) is 21.9 Å². The van der Waals surface area contributed by atoms with E-state index in [1.165, 1.54) is 71.4 Å². The number of rotatable bonds is 7. The van der Waals surface area contributed by atoms with Gasteiger partial charge < -0.3 is 4.90 Å². The molecule has 0 radical (unpaired) electrons. The average molecular weight is 707 g/mol. The Morgan fingerprint density at radius 2 is 0.759 bits per heavy atom. The van der Waals surface area contributed by atoms with E-state index in [2.05, 4.69) is 203 Å². The standard InChI is InChI=1S/C51H34N2S/c1-3-8-42-32-44(17-13-35(42)6-1)39-21-27-47(28-22-39)53(48-29-23-40(24-30-48)45-18-14-36-7-2-4-9-43(36)33-45)46-25-19-38(20-26-46)37-11-15-41(16-12-37)50-34-54-51-49(50)10-5-31-52-51/h1-34H. The predicted octanol–water partition coefficient (Wildman–Crippen LogP) is 14.7. The molecular weight excluding hydrogens is 673 g/mol. The fourth-order valence-corrected chi connectivity index (χ4v) is 8.45. The molecule has 254 valence electrons. The maximum atomic E-state index is 4.53. The van der Waals surface area contributed by atoms with Gasteiger partial charge in [-0.3, -0.25) is 0 Å². The van der Waals surface area contributed by atoms with Crippen LogP contribution < -0.4 is 4.90 Å². The molecule has 3 heteroatoms. The van der Waals surface area contributed by atoms with E-state index in [4.69, 9.17) is 0 Å². The Bertz CT molecular complexity index is 2780. The summed E-state index contributed by atoms with van der Waals surface area (Å²) in [6, 6.07) is 70.3. The Hall–Kier alpha value is -6.81. The monoisotopic (exact) mass is 706 g/mol. The number of benzene rings is 8. The first-order chi connectivity index (χ1) is 26.7. The predicted molar refractivity (Wildman–Crippen MR) is 231 cm³/mol. The topological polar surface area (TPSA) is 16.1 Å². The molecule has 54 heavy (non-hydrogen) atoms. The van der Waals surface area contributed by atoms with Crippen LogP contribution in [0, 0.1) is 0 Å². The number of aromatic nitrogens is 1. The van der Waals surface area contributed by atoms with Crippen molar-refractivity contribution in [1.29, 1.82) is 0 Å². The largest absolute Gasteiger partial charge is 0.311 e. The molecule has 8 aromatic carbocycles. The summed E-state index contributed by atoms with van der Waals surface area (Å²) in [5.74, 6) is 0. The zero-order chi connectivity index (χ0) is 35.8. The summed E-state index contributed by atoms with van der Waals surface area (Å²) in [7, 11) is 0. The van der Waals surface area contributed by atoms with Gasteiger partial charge in [0.25, 0.3) is 0 Å². The Morgan fingerprint density at radius 3 is 1.26 bits per heavy atom. The molecule has 0 bridgehead atoms. The van der Waals surface area contributed by atoms with Gasteiger partial charge in [0.1, 0.15) is 4.83 Å². The summed E-state index contributed by atoms with van der Waals surface area (Å²) in [4.78, 5) is 7.95. The normalized spacial score (nSPS) is 11.3. The molecule has 2 heterocycles. The Labute approximate surface area is 318 Å². The third kappa shape index (κ3) is 6.01. The lowest BCUT2D eigenvalue weighted by molar-refractivity contribution is 1.28. The maximum absolute atomic E-state index is 4.53. The third-order valence-electron chi connectivity index (χ3n) is 10.4. The second-order valence-electron chi connectivity index (χ2n) is 13.7. The molecule has 2 aromatic heterocycles. The lowest BCUT2D eigenvalue weighted by Gasteiger charge is -2.26. The van der Waals surface area contributed by atoms with Crippen LogP contribution in [0.25, 0.3) is 76.3 Å². The minimum Gasteiger partial charge on any atom is -0.311 e. The van der Waals surface area contributed by atoms with Crippen molar-refractivity contribution < 1.29 is 0 Å². The van der Waals surface area contributed by atoms with Crippen LogP contribution in [0.1, 0.15) is 0 Å². The van der Waals surface area contributed by atoms with Crippen molar-refractivity contribution >= 4 is 60.2 Å². The van der Waals surface area contributed by atoms with E-state index in [9.17, 15) is 0 Å². The first kappa shape index (κ1) is 31.9. The van der Waals surface area contributed by atoms with Crippen LogP contribution in [-0.4, -0.2) is 4.98 Å². The fraction of sp³-hybridized carbons (Fsp3) is 0. The quantitative estimate of drug-likeness (QED) is 0.164. The lowest BCUT2D eigenvalue weighted by atomic mass is 9.99. The van der Waals surface area contributed by atoms with Gasteiger partial charge in [-0.25, -0.2) is 4.98 Å². The number of nitrogens with zero attached hydrogens (tertiary/aromatic N) is 2. The van der Waals surface area contributed by atoms with Crippen molar-refractivity contribution in [3.05, 3.63) is 206 Å². The van der Waals surface area contributed by atoms with Crippen LogP contribution in [-0.2, 0) is 0 Å². The number of thiophene rings is 1. The van der Waals surface area contributed by atoms with Gasteiger partial charge in [0, 0.05) is 39.6 Å². The molecule has 0 saturated heterocycles. The van der Waals surface area contributed by atoms with Gasteiger partial charge in [0.05, 0.1) is 0 Å². The minimum absolute atomic E-state index is 1.07. The van der Waals surface area contributed by atoms with Crippen molar-refractivity contribution in [1.82, 2.24) is 4.98 Å². The highest BCUT2D eigenvalue weighted by Crippen LogP contribution is 2.39. The van der Waals surface area contributed by atoms with Crippen molar-refractivity contribution in [2.75, 3.05) is 4.90 Å². The molecule has 0 aliphatic heterocycles. The molecule has 0 N–H and O–H groups in total. The van der Waals surface area contributed by atoms with Crippen molar-refractivity contribution in [3.8, 4) is 44.5 Å². The Balaban J connectivity index is 0.985. The van der Waals surface area contributed by atoms with Crippen molar-refractivity contribution in [2.45, 2.75) is 0 Å². The van der Waals surface area contributed by atoms with E-state index in [1.54, 1.807) is 11.3 Å². The van der Waals surface area contributed by atoms with E-state index in [0.29, 0.717) is 0 Å². The molecule has 0 aliphatic carbocycles. The molecule has 0 atom stereocenters. The number of anilines is 3. The van der Waals surface area contributed by atoms with E-state index >= 15 is 0 Å². The first-order valence-electron chi connectivity index (χ1n) is 18.3. The minimum atomic E-state index is 1.07. The molecule has 10 rings (SSSR count). The first-order valence-corrected chi connectivity index (χ1v) is 19.1. The summed E-state index contributed by atoms with van der Waals surface area (Å²) < 4.78 is 0. The highest BCUT2D eigenvalue weighted by Gasteiger charge is 2.15. The number of hydrogen-bond acceptors (Lipinski definition) is 3. The number of pyridine rings is 1. The summed E-state index contributed by atoms with van der Waals surface area (Å²) in [5.41, 5.74) is 12.9. The lowest BCUT2D eigenvalue weighted by Crippen LogP contribution is -2.09. The average Bonchev–Trinajstić information content (AvgIpc) is 3.69. The van der Waals surface area contributed by atoms with Gasteiger partial charge in [-0.2, -0.15) is 0 Å². The Kier molecular flexibility index (Phi) is 8.05. The molecule has 0 spiro atoms. The fourth-order valence-electron chi connectivity index (χ4n) is 7.53. The van der Waals surface area contributed by atoms with Crippen molar-refractivity contribution in [2.24, 2.45) is 0 Å². The SMILES string of the molecule is c1ccc2cc(-c3ccc(N(c4ccc(-c5ccc(-c6csc7ncccc67)cc5)cc4)c4ccc(-c5ccc6ccccc6c5)cc4)cc3)ccc2c1. The molecule has 0 aliphatic rings. The van der Waals surface area contributed by atoms with Gasteiger partial charge in [-0.15, -0.1) is 11.3 Å². The van der Waals surface area contributed by atoms with Gasteiger partial charge in [0.2, 0.25) is 0 Å².